The van der Waals surface area contributed by atoms with Gasteiger partial charge in [0.2, 0.25) is 5.91 Å². The van der Waals surface area contributed by atoms with Crippen molar-refractivity contribution < 1.29 is 9.59 Å². The smallest absolute Gasteiger partial charge is 0.265 e. The number of thiophene rings is 1. The fourth-order valence-corrected chi connectivity index (χ4v) is 3.63. The molecule has 2 atom stereocenters. The minimum Gasteiger partial charge on any atom is -0.327 e. The van der Waals surface area contributed by atoms with E-state index in [9.17, 15) is 9.59 Å². The molecule has 0 radical (unpaired) electrons. The van der Waals surface area contributed by atoms with Crippen LogP contribution in [0.2, 0.25) is 0 Å². The van der Waals surface area contributed by atoms with Crippen LogP contribution in [-0.4, -0.2) is 17.9 Å². The molecule has 0 spiro atoms. The van der Waals surface area contributed by atoms with Gasteiger partial charge in [0.15, 0.2) is 0 Å². The molecule has 0 saturated heterocycles. The van der Waals surface area contributed by atoms with Gasteiger partial charge in [-0.25, -0.2) is 0 Å². The number of hydrogen-bond acceptors (Lipinski definition) is 4. The highest BCUT2D eigenvalue weighted by Crippen LogP contribution is 2.27. The molecule has 5 nitrogen and oxygen atoms in total. The molecule has 1 fully saturated rings. The summed E-state index contributed by atoms with van der Waals surface area (Å²) >= 11 is 1.40. The zero-order valence-corrected chi connectivity index (χ0v) is 15.4. The van der Waals surface area contributed by atoms with Gasteiger partial charge in [-0.2, -0.15) is 0 Å². The summed E-state index contributed by atoms with van der Waals surface area (Å²) in [6.07, 6.45) is 3.62. The van der Waals surface area contributed by atoms with Gasteiger partial charge in [0, 0.05) is 23.8 Å². The molecule has 1 aromatic heterocycles. The lowest BCUT2D eigenvalue weighted by atomic mass is 10.00. The van der Waals surface area contributed by atoms with Gasteiger partial charge in [0.05, 0.1) is 4.88 Å². The van der Waals surface area contributed by atoms with Crippen LogP contribution < -0.4 is 16.4 Å². The molecule has 4 N–H and O–H groups in total. The first-order chi connectivity index (χ1) is 11.6. The number of anilines is 2. The SMILES string of the molecule is Cl.N[C@@H]1CCC[C@H]1CC(=O)Nc1ccc(NC(=O)c2cccs2)cc1. The minimum atomic E-state index is -0.128. The van der Waals surface area contributed by atoms with Crippen molar-refractivity contribution in [2.45, 2.75) is 31.7 Å². The Morgan fingerprint density at radius 2 is 1.76 bits per heavy atom. The molecule has 7 heteroatoms. The van der Waals surface area contributed by atoms with E-state index in [-0.39, 0.29) is 36.2 Å². The maximum atomic E-state index is 12.1. The second-order valence-electron chi connectivity index (χ2n) is 6.12. The van der Waals surface area contributed by atoms with E-state index in [1.54, 1.807) is 30.3 Å². The minimum absolute atomic E-state index is 0. The Balaban J connectivity index is 0.00000225. The van der Waals surface area contributed by atoms with E-state index in [1.807, 2.05) is 11.4 Å². The van der Waals surface area contributed by atoms with Gasteiger partial charge >= 0.3 is 0 Å². The highest BCUT2D eigenvalue weighted by molar-refractivity contribution is 7.12. The maximum absolute atomic E-state index is 12.1. The first-order valence-corrected chi connectivity index (χ1v) is 9.00. The van der Waals surface area contributed by atoms with Gasteiger partial charge in [0.1, 0.15) is 0 Å². The third-order valence-electron chi connectivity index (χ3n) is 4.34. The lowest BCUT2D eigenvalue weighted by Crippen LogP contribution is -2.28. The summed E-state index contributed by atoms with van der Waals surface area (Å²) in [5.41, 5.74) is 7.43. The fraction of sp³-hybridized carbons (Fsp3) is 0.333. The average Bonchev–Trinajstić information content (AvgIpc) is 3.22. The predicted molar refractivity (Wildman–Crippen MR) is 105 cm³/mol. The van der Waals surface area contributed by atoms with Crippen LogP contribution >= 0.6 is 23.7 Å². The van der Waals surface area contributed by atoms with Crippen LogP contribution in [0.4, 0.5) is 11.4 Å². The quantitative estimate of drug-likeness (QED) is 0.737. The fourth-order valence-electron chi connectivity index (χ4n) is 3.01. The summed E-state index contributed by atoms with van der Waals surface area (Å²) in [4.78, 5) is 24.7. The second-order valence-corrected chi connectivity index (χ2v) is 7.06. The van der Waals surface area contributed by atoms with Crippen molar-refractivity contribution in [2.75, 3.05) is 10.6 Å². The van der Waals surface area contributed by atoms with Crippen molar-refractivity contribution in [1.29, 1.82) is 0 Å². The Morgan fingerprint density at radius 3 is 2.32 bits per heavy atom. The van der Waals surface area contributed by atoms with Crippen LogP contribution in [0, 0.1) is 5.92 Å². The molecule has 1 aliphatic carbocycles. The Labute approximate surface area is 157 Å². The zero-order valence-electron chi connectivity index (χ0n) is 13.7. The van der Waals surface area contributed by atoms with Gasteiger partial charge in [-0.15, -0.1) is 23.7 Å². The highest BCUT2D eigenvalue weighted by atomic mass is 35.5. The van der Waals surface area contributed by atoms with Gasteiger partial charge < -0.3 is 16.4 Å². The van der Waals surface area contributed by atoms with Gasteiger partial charge in [-0.05, 0) is 54.5 Å². The number of carbonyl (C=O) groups excluding carboxylic acids is 2. The number of benzene rings is 1. The predicted octanol–water partition coefficient (Wildman–Crippen LogP) is 3.88. The molecular weight excluding hydrogens is 358 g/mol. The first-order valence-electron chi connectivity index (χ1n) is 8.12. The number of nitrogens with two attached hydrogens (primary N) is 1. The molecule has 2 amide bonds. The van der Waals surface area contributed by atoms with Gasteiger partial charge in [0.25, 0.3) is 5.91 Å². The van der Waals surface area contributed by atoms with E-state index in [4.69, 9.17) is 5.73 Å². The highest BCUT2D eigenvalue weighted by Gasteiger charge is 2.25. The van der Waals surface area contributed by atoms with E-state index < -0.39 is 0 Å². The summed E-state index contributed by atoms with van der Waals surface area (Å²) in [6.45, 7) is 0. The first kappa shape index (κ1) is 19.4. The van der Waals surface area contributed by atoms with Crippen molar-refractivity contribution in [3.8, 4) is 0 Å². The lowest BCUT2D eigenvalue weighted by molar-refractivity contribution is -0.117. The topological polar surface area (TPSA) is 84.2 Å². The van der Waals surface area contributed by atoms with Crippen molar-refractivity contribution >= 4 is 46.9 Å². The molecule has 0 bridgehead atoms. The Bertz CT molecular complexity index is 704. The van der Waals surface area contributed by atoms with Crippen LogP contribution in [0.5, 0.6) is 0 Å². The van der Waals surface area contributed by atoms with Crippen LogP contribution in [0.3, 0.4) is 0 Å². The number of nitrogens with one attached hydrogen (secondary N) is 2. The van der Waals surface area contributed by atoms with Crippen molar-refractivity contribution in [3.05, 3.63) is 46.7 Å². The molecule has 134 valence electrons. The Morgan fingerprint density at radius 1 is 1.08 bits per heavy atom. The summed E-state index contributed by atoms with van der Waals surface area (Å²) in [5.74, 6) is 0.152. The number of hydrogen-bond donors (Lipinski definition) is 3. The van der Waals surface area contributed by atoms with Crippen LogP contribution in [0.15, 0.2) is 41.8 Å². The maximum Gasteiger partial charge on any atom is 0.265 e. The number of carbonyl (C=O) groups is 2. The number of amides is 2. The van der Waals surface area contributed by atoms with Crippen molar-refractivity contribution in [1.82, 2.24) is 0 Å². The Kier molecular flexibility index (Phi) is 6.99. The molecule has 1 aliphatic rings. The molecular formula is C18H22ClN3O2S. The molecule has 3 rings (SSSR count). The average molecular weight is 380 g/mol. The molecule has 1 heterocycles. The molecule has 1 aromatic carbocycles. The monoisotopic (exact) mass is 379 g/mol. The second kappa shape index (κ2) is 8.99. The number of halogens is 1. The van der Waals surface area contributed by atoms with E-state index >= 15 is 0 Å². The molecule has 0 aliphatic heterocycles. The van der Waals surface area contributed by atoms with Crippen LogP contribution in [0.25, 0.3) is 0 Å². The van der Waals surface area contributed by atoms with Gasteiger partial charge in [-0.3, -0.25) is 9.59 Å². The standard InChI is InChI=1S/C18H21N3O2S.ClH/c19-15-4-1-3-12(15)11-17(22)20-13-6-8-14(9-7-13)21-18(23)16-5-2-10-24-16;/h2,5-10,12,15H,1,3-4,11,19H2,(H,20,22)(H,21,23);1H/t12-,15+;/m0./s1. The molecule has 25 heavy (non-hydrogen) atoms. The summed E-state index contributed by atoms with van der Waals surface area (Å²) < 4.78 is 0. The zero-order chi connectivity index (χ0) is 16.9. The molecule has 2 aromatic rings. The third kappa shape index (κ3) is 5.29. The van der Waals surface area contributed by atoms with Crippen LogP contribution in [-0.2, 0) is 4.79 Å². The molecule has 1 saturated carbocycles. The Hall–Kier alpha value is -1.89. The molecule has 0 unspecified atom stereocenters. The van der Waals surface area contributed by atoms with E-state index in [0.717, 1.165) is 24.9 Å². The van der Waals surface area contributed by atoms with E-state index in [2.05, 4.69) is 10.6 Å². The van der Waals surface area contributed by atoms with E-state index in [1.165, 1.54) is 11.3 Å². The largest absolute Gasteiger partial charge is 0.327 e. The van der Waals surface area contributed by atoms with Crippen molar-refractivity contribution in [2.24, 2.45) is 11.7 Å². The van der Waals surface area contributed by atoms with Crippen LogP contribution in [0.1, 0.15) is 35.4 Å². The normalized spacial score (nSPS) is 19.1. The summed E-state index contributed by atoms with van der Waals surface area (Å²) in [5, 5.41) is 7.59. The van der Waals surface area contributed by atoms with Gasteiger partial charge in [-0.1, -0.05) is 12.5 Å². The third-order valence-corrected chi connectivity index (χ3v) is 5.21. The summed E-state index contributed by atoms with van der Waals surface area (Å²) in [7, 11) is 0. The lowest BCUT2D eigenvalue weighted by Gasteiger charge is -2.15. The number of rotatable bonds is 5. The van der Waals surface area contributed by atoms with Crippen molar-refractivity contribution in [3.63, 3.8) is 0 Å². The summed E-state index contributed by atoms with van der Waals surface area (Å²) in [6, 6.07) is 10.9. The van der Waals surface area contributed by atoms with E-state index in [0.29, 0.717) is 17.0 Å².